The monoisotopic (exact) mass is 263 g/mol. The topological polar surface area (TPSA) is 39.2 Å². The lowest BCUT2D eigenvalue weighted by molar-refractivity contribution is 0.397. The molecule has 13 heavy (non-hydrogen) atoms. The summed E-state index contributed by atoms with van der Waals surface area (Å²) in [6.07, 6.45) is 2.04. The average Bonchev–Trinajstić information content (AvgIpc) is 2.09. The van der Waals surface area contributed by atoms with Crippen molar-refractivity contribution in [3.8, 4) is 0 Å². The summed E-state index contributed by atoms with van der Waals surface area (Å²) in [4.78, 5) is 4.11. The highest BCUT2D eigenvalue weighted by molar-refractivity contribution is 9.10. The van der Waals surface area contributed by atoms with E-state index in [-0.39, 0.29) is 0 Å². The first-order valence-electron chi connectivity index (χ1n) is 3.77. The molecular formula is C8H11BrNO2P. The summed E-state index contributed by atoms with van der Waals surface area (Å²) in [5.41, 5.74) is 0.773. The first-order valence-corrected chi connectivity index (χ1v) is 6.82. The van der Waals surface area contributed by atoms with Crippen molar-refractivity contribution in [1.29, 1.82) is 0 Å². The summed E-state index contributed by atoms with van der Waals surface area (Å²) in [5, 5.41) is 0. The molecule has 0 saturated heterocycles. The zero-order valence-electron chi connectivity index (χ0n) is 7.53. The predicted octanol–water partition coefficient (Wildman–Crippen LogP) is 2.90. The highest BCUT2D eigenvalue weighted by Crippen LogP contribution is 2.45. The van der Waals surface area contributed by atoms with Crippen molar-refractivity contribution in [1.82, 2.24) is 4.98 Å². The highest BCUT2D eigenvalue weighted by Gasteiger charge is 2.16. The Labute approximate surface area is 86.1 Å². The van der Waals surface area contributed by atoms with Gasteiger partial charge in [0.1, 0.15) is 0 Å². The Morgan fingerprint density at radius 1 is 1.69 bits per heavy atom. The largest absolute Gasteiger partial charge is 0.332 e. The van der Waals surface area contributed by atoms with Crippen LogP contribution in [-0.4, -0.2) is 18.8 Å². The van der Waals surface area contributed by atoms with Crippen molar-refractivity contribution < 1.29 is 9.09 Å². The van der Waals surface area contributed by atoms with Crippen molar-refractivity contribution >= 4 is 23.3 Å². The van der Waals surface area contributed by atoms with E-state index in [2.05, 4.69) is 20.9 Å². The van der Waals surface area contributed by atoms with Gasteiger partial charge in [0, 0.05) is 24.4 Å². The molecule has 5 heteroatoms. The molecule has 0 amide bonds. The molecule has 0 radical (unpaired) electrons. The van der Waals surface area contributed by atoms with Crippen LogP contribution in [0.15, 0.2) is 22.8 Å². The molecule has 0 aliphatic carbocycles. The summed E-state index contributed by atoms with van der Waals surface area (Å²) in [7, 11) is -1.06. The summed E-state index contributed by atoms with van der Waals surface area (Å²) in [6, 6.07) is 3.69. The van der Waals surface area contributed by atoms with Crippen molar-refractivity contribution in [2.45, 2.75) is 6.16 Å². The quantitative estimate of drug-likeness (QED) is 0.788. The maximum Gasteiger partial charge on any atom is 0.205 e. The molecule has 1 unspecified atom stereocenters. The van der Waals surface area contributed by atoms with Crippen LogP contribution >= 0.6 is 23.3 Å². The minimum absolute atomic E-state index is 0.366. The average molecular weight is 264 g/mol. The second kappa shape index (κ2) is 4.36. The minimum atomic E-state index is -2.51. The molecule has 1 rings (SSSR count). The molecule has 1 atom stereocenters. The van der Waals surface area contributed by atoms with Crippen LogP contribution < -0.4 is 0 Å². The molecule has 1 aromatic heterocycles. The Balaban J connectivity index is 2.86. The Bertz CT molecular complexity index is 343. The first-order chi connectivity index (χ1) is 6.05. The molecule has 0 N–H and O–H groups in total. The standard InChI is InChI=1S/C8H11BrNO2P/c1-12-13(2,11)6-8-7(9)4-3-5-10-8/h3-5H,6H2,1-2H3. The molecule has 0 saturated carbocycles. The molecule has 0 bridgehead atoms. The van der Waals surface area contributed by atoms with Gasteiger partial charge in [0.15, 0.2) is 0 Å². The van der Waals surface area contributed by atoms with Gasteiger partial charge in [-0.2, -0.15) is 0 Å². The number of hydrogen-bond acceptors (Lipinski definition) is 3. The van der Waals surface area contributed by atoms with Crippen LogP contribution in [0.25, 0.3) is 0 Å². The van der Waals surface area contributed by atoms with Crippen molar-refractivity contribution in [2.24, 2.45) is 0 Å². The second-order valence-corrected chi connectivity index (χ2v) is 6.35. The first kappa shape index (κ1) is 10.9. The van der Waals surface area contributed by atoms with Gasteiger partial charge in [0.05, 0.1) is 11.9 Å². The van der Waals surface area contributed by atoms with E-state index >= 15 is 0 Å². The zero-order chi connectivity index (χ0) is 9.90. The number of hydrogen-bond donors (Lipinski definition) is 0. The van der Waals surface area contributed by atoms with Gasteiger partial charge in [-0.15, -0.1) is 0 Å². The van der Waals surface area contributed by atoms with Crippen LogP contribution in [0.1, 0.15) is 5.69 Å². The van der Waals surface area contributed by atoms with Gasteiger partial charge in [-0.3, -0.25) is 9.55 Å². The molecule has 0 aliphatic heterocycles. The van der Waals surface area contributed by atoms with E-state index in [0.717, 1.165) is 10.2 Å². The fraction of sp³-hybridized carbons (Fsp3) is 0.375. The fourth-order valence-electron chi connectivity index (χ4n) is 0.871. The molecule has 1 aromatic rings. The van der Waals surface area contributed by atoms with E-state index in [1.165, 1.54) is 7.11 Å². The molecule has 1 heterocycles. The molecule has 0 aromatic carbocycles. The third-order valence-electron chi connectivity index (χ3n) is 1.66. The minimum Gasteiger partial charge on any atom is -0.332 e. The highest BCUT2D eigenvalue weighted by atomic mass is 79.9. The van der Waals surface area contributed by atoms with Crippen LogP contribution in [0.2, 0.25) is 0 Å². The van der Waals surface area contributed by atoms with Crippen LogP contribution in [0.3, 0.4) is 0 Å². The van der Waals surface area contributed by atoms with Gasteiger partial charge in [-0.25, -0.2) is 0 Å². The molecule has 3 nitrogen and oxygen atoms in total. The lowest BCUT2D eigenvalue weighted by Gasteiger charge is -2.10. The normalized spacial score (nSPS) is 15.3. The van der Waals surface area contributed by atoms with Crippen molar-refractivity contribution in [2.75, 3.05) is 13.8 Å². The molecule has 0 spiro atoms. The molecular weight excluding hydrogens is 253 g/mol. The Morgan fingerprint density at radius 3 is 2.92 bits per heavy atom. The van der Waals surface area contributed by atoms with Gasteiger partial charge >= 0.3 is 0 Å². The zero-order valence-corrected chi connectivity index (χ0v) is 10.0. The van der Waals surface area contributed by atoms with Gasteiger partial charge < -0.3 is 4.52 Å². The van der Waals surface area contributed by atoms with E-state index in [1.807, 2.05) is 12.1 Å². The van der Waals surface area contributed by atoms with E-state index in [4.69, 9.17) is 4.52 Å². The second-order valence-electron chi connectivity index (χ2n) is 2.79. The van der Waals surface area contributed by atoms with Gasteiger partial charge in [0.25, 0.3) is 0 Å². The number of nitrogens with zero attached hydrogens (tertiary/aromatic N) is 1. The van der Waals surface area contributed by atoms with E-state index in [1.54, 1.807) is 12.9 Å². The lowest BCUT2D eigenvalue weighted by Crippen LogP contribution is -1.93. The summed E-state index contributed by atoms with van der Waals surface area (Å²) >= 11 is 3.34. The number of halogens is 1. The van der Waals surface area contributed by atoms with Gasteiger partial charge in [-0.05, 0) is 28.1 Å². The smallest absolute Gasteiger partial charge is 0.205 e. The Hall–Kier alpha value is -0.180. The van der Waals surface area contributed by atoms with Crippen LogP contribution in [0, 0.1) is 0 Å². The maximum atomic E-state index is 11.6. The van der Waals surface area contributed by atoms with Crippen molar-refractivity contribution in [3.05, 3.63) is 28.5 Å². The van der Waals surface area contributed by atoms with Gasteiger partial charge in [-0.1, -0.05) is 0 Å². The molecule has 72 valence electrons. The lowest BCUT2D eigenvalue weighted by atomic mass is 10.4. The predicted molar refractivity (Wildman–Crippen MR) is 56.2 cm³/mol. The van der Waals surface area contributed by atoms with Crippen LogP contribution in [-0.2, 0) is 15.3 Å². The number of aromatic nitrogens is 1. The third-order valence-corrected chi connectivity index (χ3v) is 4.03. The van der Waals surface area contributed by atoms with E-state index in [0.29, 0.717) is 6.16 Å². The summed E-state index contributed by atoms with van der Waals surface area (Å²) in [6.45, 7) is 1.61. The van der Waals surface area contributed by atoms with Crippen molar-refractivity contribution in [3.63, 3.8) is 0 Å². The third kappa shape index (κ3) is 3.22. The summed E-state index contributed by atoms with van der Waals surface area (Å²) in [5.74, 6) is 0. The summed E-state index contributed by atoms with van der Waals surface area (Å²) < 4.78 is 17.4. The maximum absolute atomic E-state index is 11.6. The SMILES string of the molecule is COP(C)(=O)Cc1ncccc1Br. The molecule has 0 fully saturated rings. The number of rotatable bonds is 3. The van der Waals surface area contributed by atoms with E-state index in [9.17, 15) is 4.57 Å². The molecule has 0 aliphatic rings. The fourth-order valence-corrected chi connectivity index (χ4v) is 2.41. The van der Waals surface area contributed by atoms with Gasteiger partial charge in [0.2, 0.25) is 7.37 Å². The number of pyridine rings is 1. The van der Waals surface area contributed by atoms with Crippen LogP contribution in [0.4, 0.5) is 0 Å². The van der Waals surface area contributed by atoms with Crippen LogP contribution in [0.5, 0.6) is 0 Å². The Kier molecular flexibility index (Phi) is 3.65. The van der Waals surface area contributed by atoms with E-state index < -0.39 is 7.37 Å². The Morgan fingerprint density at radius 2 is 2.38 bits per heavy atom.